The van der Waals surface area contributed by atoms with Crippen LogP contribution in [0.25, 0.3) is 0 Å². The molecule has 7 heteroatoms. The van der Waals surface area contributed by atoms with Crippen LogP contribution in [0, 0.1) is 5.82 Å². The maximum Gasteiger partial charge on any atom is 0.239 e. The van der Waals surface area contributed by atoms with Crippen LogP contribution in [-0.2, 0) is 11.2 Å². The van der Waals surface area contributed by atoms with Crippen LogP contribution in [0.15, 0.2) is 36.4 Å². The second-order valence-electron chi connectivity index (χ2n) is 5.27. The minimum absolute atomic E-state index is 0.0233. The molecule has 0 saturated carbocycles. The molecule has 0 aliphatic heterocycles. The second kappa shape index (κ2) is 9.13. The molecule has 2 aromatic carbocycles. The van der Waals surface area contributed by atoms with E-state index in [1.807, 2.05) is 18.2 Å². The summed E-state index contributed by atoms with van der Waals surface area (Å²) < 4.78 is 24.0. The van der Waals surface area contributed by atoms with Crippen LogP contribution >= 0.6 is 11.6 Å². The Kier molecular flexibility index (Phi) is 6.89. The standard InChI is InChI=1S/C18H20ClFN2O3/c1-24-16-6-3-12(9-17(16)25-2)7-8-21-18(23)11-22-15-5-4-13(19)10-14(15)20/h3-6,9-10,22H,7-8,11H2,1-2H3,(H,21,23). The van der Waals surface area contributed by atoms with Gasteiger partial charge in [-0.3, -0.25) is 4.79 Å². The molecule has 2 rings (SSSR count). The minimum Gasteiger partial charge on any atom is -0.493 e. The molecule has 1 amide bonds. The quantitative estimate of drug-likeness (QED) is 0.752. The van der Waals surface area contributed by atoms with Gasteiger partial charge in [-0.05, 0) is 42.3 Å². The number of hydrogen-bond acceptors (Lipinski definition) is 4. The molecule has 0 aromatic heterocycles. The number of nitrogens with one attached hydrogen (secondary N) is 2. The van der Waals surface area contributed by atoms with Gasteiger partial charge in [0.25, 0.3) is 0 Å². The Bertz CT molecular complexity index is 740. The molecule has 5 nitrogen and oxygen atoms in total. The highest BCUT2D eigenvalue weighted by Gasteiger charge is 2.07. The molecule has 0 aliphatic rings. The van der Waals surface area contributed by atoms with Crippen LogP contribution < -0.4 is 20.1 Å². The smallest absolute Gasteiger partial charge is 0.239 e. The fourth-order valence-electron chi connectivity index (χ4n) is 2.25. The first kappa shape index (κ1) is 18.9. The van der Waals surface area contributed by atoms with E-state index in [0.717, 1.165) is 5.56 Å². The van der Waals surface area contributed by atoms with Crippen molar-refractivity contribution in [1.82, 2.24) is 5.32 Å². The minimum atomic E-state index is -0.495. The van der Waals surface area contributed by atoms with Gasteiger partial charge in [0.05, 0.1) is 26.5 Å². The average Bonchev–Trinajstić information content (AvgIpc) is 2.60. The zero-order chi connectivity index (χ0) is 18.2. The summed E-state index contributed by atoms with van der Waals surface area (Å²) in [6.07, 6.45) is 0.640. The predicted octanol–water partition coefficient (Wildman–Crippen LogP) is 3.27. The van der Waals surface area contributed by atoms with Gasteiger partial charge < -0.3 is 20.1 Å². The van der Waals surface area contributed by atoms with Crippen molar-refractivity contribution >= 4 is 23.2 Å². The zero-order valence-electron chi connectivity index (χ0n) is 14.1. The summed E-state index contributed by atoms with van der Waals surface area (Å²) in [5.41, 5.74) is 1.24. The number of benzene rings is 2. The summed E-state index contributed by atoms with van der Waals surface area (Å²) >= 11 is 5.68. The average molecular weight is 367 g/mol. The fraction of sp³-hybridized carbons (Fsp3) is 0.278. The SMILES string of the molecule is COc1ccc(CCNC(=O)CNc2ccc(Cl)cc2F)cc1OC. The van der Waals surface area contributed by atoms with Gasteiger partial charge in [0.2, 0.25) is 5.91 Å². The lowest BCUT2D eigenvalue weighted by molar-refractivity contribution is -0.119. The van der Waals surface area contributed by atoms with Gasteiger partial charge in [-0.2, -0.15) is 0 Å². The predicted molar refractivity (Wildman–Crippen MR) is 96.2 cm³/mol. The van der Waals surface area contributed by atoms with Crippen molar-refractivity contribution in [3.8, 4) is 11.5 Å². The molecule has 0 bridgehead atoms. The lowest BCUT2D eigenvalue weighted by Gasteiger charge is -2.11. The normalized spacial score (nSPS) is 10.2. The Morgan fingerprint density at radius 2 is 1.88 bits per heavy atom. The molecule has 0 atom stereocenters. The molecular formula is C18H20ClFN2O3. The number of carbonyl (C=O) groups is 1. The molecular weight excluding hydrogens is 347 g/mol. The van der Waals surface area contributed by atoms with Gasteiger partial charge in [0.1, 0.15) is 5.82 Å². The molecule has 2 N–H and O–H groups in total. The first-order chi connectivity index (χ1) is 12.0. The Labute approximate surface area is 151 Å². The van der Waals surface area contributed by atoms with Gasteiger partial charge in [-0.1, -0.05) is 17.7 Å². The Balaban J connectivity index is 1.78. The number of ether oxygens (including phenoxy) is 2. The second-order valence-corrected chi connectivity index (χ2v) is 5.70. The van der Waals surface area contributed by atoms with E-state index in [4.69, 9.17) is 21.1 Å². The van der Waals surface area contributed by atoms with Crippen molar-refractivity contribution < 1.29 is 18.7 Å². The van der Waals surface area contributed by atoms with E-state index in [9.17, 15) is 9.18 Å². The van der Waals surface area contributed by atoms with E-state index in [1.54, 1.807) is 20.3 Å². The summed E-state index contributed by atoms with van der Waals surface area (Å²) in [4.78, 5) is 11.8. The number of hydrogen-bond donors (Lipinski definition) is 2. The van der Waals surface area contributed by atoms with Crippen LogP contribution in [0.1, 0.15) is 5.56 Å². The van der Waals surface area contributed by atoms with Crippen molar-refractivity contribution in [2.24, 2.45) is 0 Å². The Morgan fingerprint density at radius 1 is 1.12 bits per heavy atom. The molecule has 134 valence electrons. The Hall–Kier alpha value is -2.47. The van der Waals surface area contributed by atoms with Crippen molar-refractivity contribution in [1.29, 1.82) is 0 Å². The van der Waals surface area contributed by atoms with E-state index >= 15 is 0 Å². The van der Waals surface area contributed by atoms with E-state index in [-0.39, 0.29) is 18.1 Å². The molecule has 0 fully saturated rings. The summed E-state index contributed by atoms with van der Waals surface area (Å²) in [7, 11) is 3.15. The van der Waals surface area contributed by atoms with Crippen LogP contribution in [0.4, 0.5) is 10.1 Å². The molecule has 2 aromatic rings. The van der Waals surface area contributed by atoms with E-state index < -0.39 is 5.82 Å². The highest BCUT2D eigenvalue weighted by molar-refractivity contribution is 6.30. The number of anilines is 1. The van der Waals surface area contributed by atoms with Crippen molar-refractivity contribution in [3.05, 3.63) is 52.8 Å². The highest BCUT2D eigenvalue weighted by Crippen LogP contribution is 2.27. The molecule has 0 radical (unpaired) electrons. The number of methoxy groups -OCH3 is 2. The van der Waals surface area contributed by atoms with E-state index in [1.165, 1.54) is 12.1 Å². The monoisotopic (exact) mass is 366 g/mol. The van der Waals surface area contributed by atoms with Crippen LogP contribution in [0.2, 0.25) is 5.02 Å². The summed E-state index contributed by atoms with van der Waals surface area (Å²) in [5, 5.41) is 5.82. The molecule has 0 unspecified atom stereocenters. The first-order valence-corrected chi connectivity index (χ1v) is 8.08. The molecule has 0 aliphatic carbocycles. The summed E-state index contributed by atoms with van der Waals surface area (Å²) in [6, 6.07) is 9.84. The van der Waals surface area contributed by atoms with Gasteiger partial charge in [0, 0.05) is 11.6 Å². The Morgan fingerprint density at radius 3 is 2.56 bits per heavy atom. The molecule has 0 spiro atoms. The van der Waals surface area contributed by atoms with Crippen molar-refractivity contribution in [3.63, 3.8) is 0 Å². The third kappa shape index (κ3) is 5.53. The van der Waals surface area contributed by atoms with Gasteiger partial charge >= 0.3 is 0 Å². The lowest BCUT2D eigenvalue weighted by atomic mass is 10.1. The molecule has 0 heterocycles. The number of rotatable bonds is 8. The topological polar surface area (TPSA) is 59.6 Å². The van der Waals surface area contributed by atoms with E-state index in [0.29, 0.717) is 29.5 Å². The van der Waals surface area contributed by atoms with Crippen molar-refractivity contribution in [2.75, 3.05) is 32.6 Å². The van der Waals surface area contributed by atoms with Crippen LogP contribution in [0.5, 0.6) is 11.5 Å². The van der Waals surface area contributed by atoms with Gasteiger partial charge in [-0.15, -0.1) is 0 Å². The molecule has 0 saturated heterocycles. The largest absolute Gasteiger partial charge is 0.493 e. The fourth-order valence-corrected chi connectivity index (χ4v) is 2.41. The van der Waals surface area contributed by atoms with Crippen molar-refractivity contribution in [2.45, 2.75) is 6.42 Å². The zero-order valence-corrected chi connectivity index (χ0v) is 14.8. The lowest BCUT2D eigenvalue weighted by Crippen LogP contribution is -2.31. The number of amides is 1. The third-order valence-electron chi connectivity index (χ3n) is 3.55. The number of halogens is 2. The first-order valence-electron chi connectivity index (χ1n) is 7.70. The van der Waals surface area contributed by atoms with E-state index in [2.05, 4.69) is 10.6 Å². The molecule has 25 heavy (non-hydrogen) atoms. The summed E-state index contributed by atoms with van der Waals surface area (Å²) in [6.45, 7) is 0.434. The highest BCUT2D eigenvalue weighted by atomic mass is 35.5. The maximum absolute atomic E-state index is 13.6. The maximum atomic E-state index is 13.6. The van der Waals surface area contributed by atoms with Gasteiger partial charge in [-0.25, -0.2) is 4.39 Å². The number of carbonyl (C=O) groups excluding carboxylic acids is 1. The summed E-state index contributed by atoms with van der Waals surface area (Å²) in [5.74, 6) is 0.580. The van der Waals surface area contributed by atoms with Crippen LogP contribution in [-0.4, -0.2) is 33.2 Å². The van der Waals surface area contributed by atoms with Crippen LogP contribution in [0.3, 0.4) is 0 Å². The van der Waals surface area contributed by atoms with Gasteiger partial charge in [0.15, 0.2) is 11.5 Å². The third-order valence-corrected chi connectivity index (χ3v) is 3.79.